The topological polar surface area (TPSA) is 38.9 Å². The van der Waals surface area contributed by atoms with Crippen molar-refractivity contribution in [3.05, 3.63) is 27.2 Å². The van der Waals surface area contributed by atoms with Crippen molar-refractivity contribution < 1.29 is 0 Å². The fraction of sp³-hybridized carbons (Fsp3) is 0.643. The van der Waals surface area contributed by atoms with Gasteiger partial charge in [-0.2, -0.15) is 0 Å². The number of nitrogens with zero attached hydrogens (tertiary/aromatic N) is 1. The van der Waals surface area contributed by atoms with E-state index in [0.29, 0.717) is 0 Å². The Balaban J connectivity index is 1.88. The van der Waals surface area contributed by atoms with Crippen molar-refractivity contribution >= 4 is 11.3 Å². The summed E-state index contributed by atoms with van der Waals surface area (Å²) >= 11 is 1.79. The van der Waals surface area contributed by atoms with Gasteiger partial charge in [0.1, 0.15) is 0 Å². The van der Waals surface area contributed by atoms with Crippen molar-refractivity contribution in [1.82, 2.24) is 4.98 Å². The van der Waals surface area contributed by atoms with Crippen LogP contribution in [0.3, 0.4) is 0 Å². The van der Waals surface area contributed by atoms with E-state index in [0.717, 1.165) is 18.5 Å². The molecule has 0 aliphatic heterocycles. The molecule has 2 rings (SSSR count). The van der Waals surface area contributed by atoms with Crippen LogP contribution in [0.1, 0.15) is 47.7 Å². The maximum atomic E-state index is 6.22. The van der Waals surface area contributed by atoms with Gasteiger partial charge >= 0.3 is 0 Å². The lowest BCUT2D eigenvalue weighted by Gasteiger charge is -2.16. The molecule has 2 N–H and O–H groups in total. The summed E-state index contributed by atoms with van der Waals surface area (Å²) in [6, 6.07) is 0.240. The highest BCUT2D eigenvalue weighted by Crippen LogP contribution is 2.23. The zero-order valence-electron chi connectivity index (χ0n) is 10.8. The third kappa shape index (κ3) is 3.65. The van der Waals surface area contributed by atoms with E-state index in [-0.39, 0.29) is 6.04 Å². The van der Waals surface area contributed by atoms with Gasteiger partial charge in [0.25, 0.3) is 0 Å². The Bertz CT molecular complexity index is 387. The van der Waals surface area contributed by atoms with Gasteiger partial charge in [0.2, 0.25) is 0 Å². The van der Waals surface area contributed by atoms with E-state index in [1.54, 1.807) is 16.9 Å². The van der Waals surface area contributed by atoms with Gasteiger partial charge in [0.15, 0.2) is 0 Å². The van der Waals surface area contributed by atoms with Crippen LogP contribution in [-0.4, -0.2) is 11.0 Å². The lowest BCUT2D eigenvalue weighted by atomic mass is 9.94. The monoisotopic (exact) mass is 250 g/mol. The molecule has 0 saturated heterocycles. The third-order valence-corrected chi connectivity index (χ3v) is 4.51. The molecule has 0 aromatic carbocycles. The average Bonchev–Trinajstić information content (AvgIpc) is 2.59. The predicted molar refractivity (Wildman–Crippen MR) is 74.4 cm³/mol. The number of hydrogen-bond acceptors (Lipinski definition) is 3. The first kappa shape index (κ1) is 12.8. The Morgan fingerprint density at radius 2 is 2.18 bits per heavy atom. The number of rotatable bonds is 4. The Morgan fingerprint density at radius 1 is 1.35 bits per heavy atom. The first-order valence-electron chi connectivity index (χ1n) is 6.51. The van der Waals surface area contributed by atoms with Crippen molar-refractivity contribution in [2.75, 3.05) is 0 Å². The smallest absolute Gasteiger partial charge is 0.0946 e. The van der Waals surface area contributed by atoms with Crippen molar-refractivity contribution in [2.24, 2.45) is 5.73 Å². The molecule has 2 nitrogen and oxygen atoms in total. The van der Waals surface area contributed by atoms with Crippen LogP contribution >= 0.6 is 11.3 Å². The van der Waals surface area contributed by atoms with Gasteiger partial charge in [0, 0.05) is 17.3 Å². The van der Waals surface area contributed by atoms with E-state index < -0.39 is 0 Å². The second-order valence-corrected chi connectivity index (χ2v) is 6.31. The van der Waals surface area contributed by atoms with Crippen LogP contribution in [0.25, 0.3) is 0 Å². The summed E-state index contributed by atoms with van der Waals surface area (Å²) in [5, 5.41) is 1.20. The molecule has 1 unspecified atom stereocenters. The molecule has 1 aromatic heterocycles. The summed E-state index contributed by atoms with van der Waals surface area (Å²) in [7, 11) is 0. The molecular weight excluding hydrogens is 228 g/mol. The molecule has 0 spiro atoms. The van der Waals surface area contributed by atoms with Crippen LogP contribution in [0.2, 0.25) is 0 Å². The second kappa shape index (κ2) is 5.78. The van der Waals surface area contributed by atoms with Crippen LogP contribution in [0, 0.1) is 13.8 Å². The second-order valence-electron chi connectivity index (χ2n) is 5.03. The normalized spacial score (nSPS) is 17.9. The molecule has 1 aromatic rings. The molecule has 1 aliphatic rings. The molecule has 0 radical (unpaired) electrons. The molecule has 0 fully saturated rings. The van der Waals surface area contributed by atoms with Gasteiger partial charge in [-0.25, -0.2) is 4.98 Å². The highest BCUT2D eigenvalue weighted by Gasteiger charge is 2.12. The Hall–Kier alpha value is -0.670. The van der Waals surface area contributed by atoms with Gasteiger partial charge in [-0.15, -0.1) is 11.3 Å². The number of aryl methyl sites for hydroxylation is 2. The number of hydrogen-bond donors (Lipinski definition) is 1. The Labute approximate surface area is 108 Å². The fourth-order valence-corrected chi connectivity index (χ4v) is 3.38. The van der Waals surface area contributed by atoms with Crippen LogP contribution in [0.15, 0.2) is 11.6 Å². The van der Waals surface area contributed by atoms with E-state index in [9.17, 15) is 0 Å². The van der Waals surface area contributed by atoms with Gasteiger partial charge < -0.3 is 5.73 Å². The van der Waals surface area contributed by atoms with Crippen molar-refractivity contribution in [1.29, 1.82) is 0 Å². The molecule has 3 heteroatoms. The lowest BCUT2D eigenvalue weighted by Crippen LogP contribution is -2.23. The Morgan fingerprint density at radius 3 is 2.76 bits per heavy atom. The van der Waals surface area contributed by atoms with Crippen LogP contribution < -0.4 is 5.73 Å². The maximum absolute atomic E-state index is 6.22. The molecule has 1 atom stereocenters. The number of aromatic nitrogens is 1. The first-order chi connectivity index (χ1) is 8.15. The molecule has 0 amide bonds. The van der Waals surface area contributed by atoms with Gasteiger partial charge in [0.05, 0.1) is 10.7 Å². The molecule has 1 aliphatic carbocycles. The third-order valence-electron chi connectivity index (χ3n) is 3.42. The average molecular weight is 250 g/mol. The van der Waals surface area contributed by atoms with Crippen molar-refractivity contribution in [3.8, 4) is 0 Å². The summed E-state index contributed by atoms with van der Waals surface area (Å²) in [4.78, 5) is 5.89. The summed E-state index contributed by atoms with van der Waals surface area (Å²) in [6.07, 6.45) is 9.56. The molecule has 17 heavy (non-hydrogen) atoms. The number of thiazole rings is 1. The Kier molecular flexibility index (Phi) is 4.35. The van der Waals surface area contributed by atoms with Gasteiger partial charge in [-0.3, -0.25) is 0 Å². The molecular formula is C14H22N2S. The van der Waals surface area contributed by atoms with Crippen LogP contribution in [0.5, 0.6) is 0 Å². The van der Waals surface area contributed by atoms with Crippen LogP contribution in [0.4, 0.5) is 0 Å². The van der Waals surface area contributed by atoms with E-state index >= 15 is 0 Å². The number of allylic oxidation sites excluding steroid dienone is 1. The standard InChI is InChI=1S/C14H22N2S/c1-10-11(2)17-14(16-10)9-13(15)8-12-6-4-3-5-7-12/h6,13H,3-5,7-9,15H2,1-2H3. The highest BCUT2D eigenvalue weighted by atomic mass is 32.1. The quantitative estimate of drug-likeness (QED) is 0.830. The lowest BCUT2D eigenvalue weighted by molar-refractivity contribution is 0.604. The minimum Gasteiger partial charge on any atom is -0.327 e. The molecule has 0 bridgehead atoms. The van der Waals surface area contributed by atoms with Crippen molar-refractivity contribution in [2.45, 2.75) is 58.4 Å². The summed E-state index contributed by atoms with van der Waals surface area (Å²) in [5.41, 5.74) is 8.95. The van der Waals surface area contributed by atoms with Gasteiger partial charge in [-0.1, -0.05) is 11.6 Å². The minimum atomic E-state index is 0.240. The summed E-state index contributed by atoms with van der Waals surface area (Å²) in [6.45, 7) is 4.20. The summed E-state index contributed by atoms with van der Waals surface area (Å²) in [5.74, 6) is 0. The van der Waals surface area contributed by atoms with E-state index in [2.05, 4.69) is 24.9 Å². The van der Waals surface area contributed by atoms with E-state index in [1.165, 1.54) is 35.6 Å². The van der Waals surface area contributed by atoms with Gasteiger partial charge in [-0.05, 0) is 46.0 Å². The highest BCUT2D eigenvalue weighted by molar-refractivity contribution is 7.11. The molecule has 0 saturated carbocycles. The molecule has 94 valence electrons. The minimum absolute atomic E-state index is 0.240. The first-order valence-corrected chi connectivity index (χ1v) is 7.33. The predicted octanol–water partition coefficient (Wildman–Crippen LogP) is 3.52. The SMILES string of the molecule is Cc1nc(CC(N)CC2=CCCCC2)sc1C. The van der Waals surface area contributed by atoms with Crippen LogP contribution in [-0.2, 0) is 6.42 Å². The fourth-order valence-electron chi connectivity index (χ4n) is 2.35. The largest absolute Gasteiger partial charge is 0.327 e. The number of nitrogens with two attached hydrogens (primary N) is 1. The zero-order chi connectivity index (χ0) is 12.3. The zero-order valence-corrected chi connectivity index (χ0v) is 11.6. The molecule has 1 heterocycles. The maximum Gasteiger partial charge on any atom is 0.0946 e. The summed E-state index contributed by atoms with van der Waals surface area (Å²) < 4.78 is 0. The van der Waals surface area contributed by atoms with Crippen molar-refractivity contribution in [3.63, 3.8) is 0 Å². The van der Waals surface area contributed by atoms with E-state index in [4.69, 9.17) is 5.73 Å². The van der Waals surface area contributed by atoms with E-state index in [1.807, 2.05) is 0 Å².